The molecule has 0 saturated carbocycles. The second kappa shape index (κ2) is 9.41. The lowest BCUT2D eigenvalue weighted by Gasteiger charge is -2.09. The van der Waals surface area contributed by atoms with Crippen molar-refractivity contribution in [3.8, 4) is 0 Å². The summed E-state index contributed by atoms with van der Waals surface area (Å²) < 4.78 is 0. The number of carbonyl (C=O) groups excluding carboxylic acids is 2. The first kappa shape index (κ1) is 20.0. The summed E-state index contributed by atoms with van der Waals surface area (Å²) >= 11 is 12.0. The van der Waals surface area contributed by atoms with Gasteiger partial charge < -0.3 is 10.6 Å². The molecule has 2 amide bonds. The van der Waals surface area contributed by atoms with E-state index in [1.54, 1.807) is 36.4 Å². The third kappa shape index (κ3) is 6.54. The molecule has 0 radical (unpaired) electrons. The van der Waals surface area contributed by atoms with Gasteiger partial charge in [0.2, 0.25) is 11.8 Å². The van der Waals surface area contributed by atoms with Gasteiger partial charge in [-0.05, 0) is 61.4 Å². The molecule has 0 aliphatic rings. The van der Waals surface area contributed by atoms with E-state index in [1.165, 1.54) is 6.08 Å². The van der Waals surface area contributed by atoms with E-state index in [2.05, 4.69) is 10.6 Å². The summed E-state index contributed by atoms with van der Waals surface area (Å²) in [4.78, 5) is 23.8. The fraction of sp³-hybridized carbons (Fsp3) is 0.200. The minimum Gasteiger partial charge on any atom is -0.354 e. The van der Waals surface area contributed by atoms with Gasteiger partial charge in [0.15, 0.2) is 0 Å². The van der Waals surface area contributed by atoms with Gasteiger partial charge >= 0.3 is 0 Å². The maximum absolute atomic E-state index is 12.0. The minimum absolute atomic E-state index is 0.0295. The van der Waals surface area contributed by atoms with Gasteiger partial charge in [-0.3, -0.25) is 9.59 Å². The van der Waals surface area contributed by atoms with Crippen molar-refractivity contribution < 1.29 is 9.59 Å². The standard InChI is InChI=1S/C20H20Cl2N2O2/c1-13(2)23-20(26)11-14-3-7-17(8-4-14)24-19(25)10-5-15-12-16(21)6-9-18(15)22/h3-10,12-13H,11H2,1-2H3,(H,23,26)(H,24,25)/b10-5+. The Balaban J connectivity index is 1.94. The van der Waals surface area contributed by atoms with Crippen LogP contribution in [-0.4, -0.2) is 17.9 Å². The van der Waals surface area contributed by atoms with Crippen LogP contribution in [0.1, 0.15) is 25.0 Å². The first-order valence-corrected chi connectivity index (χ1v) is 8.91. The summed E-state index contributed by atoms with van der Waals surface area (Å²) in [6.45, 7) is 3.83. The highest BCUT2D eigenvalue weighted by atomic mass is 35.5. The molecule has 2 aromatic carbocycles. The molecule has 0 spiro atoms. The van der Waals surface area contributed by atoms with Crippen molar-refractivity contribution in [3.63, 3.8) is 0 Å². The molecule has 0 atom stereocenters. The molecule has 6 heteroatoms. The van der Waals surface area contributed by atoms with Gasteiger partial charge in [-0.1, -0.05) is 35.3 Å². The van der Waals surface area contributed by atoms with E-state index < -0.39 is 0 Å². The van der Waals surface area contributed by atoms with Crippen LogP contribution in [0.4, 0.5) is 5.69 Å². The summed E-state index contributed by atoms with van der Waals surface area (Å²) in [6, 6.07) is 12.3. The molecule has 2 N–H and O–H groups in total. The molecule has 2 aromatic rings. The molecule has 0 fully saturated rings. The predicted molar refractivity (Wildman–Crippen MR) is 108 cm³/mol. The van der Waals surface area contributed by atoms with Crippen molar-refractivity contribution in [1.29, 1.82) is 0 Å². The fourth-order valence-electron chi connectivity index (χ4n) is 2.26. The van der Waals surface area contributed by atoms with E-state index >= 15 is 0 Å². The highest BCUT2D eigenvalue weighted by molar-refractivity contribution is 6.34. The van der Waals surface area contributed by atoms with Crippen molar-refractivity contribution in [2.75, 3.05) is 5.32 Å². The zero-order chi connectivity index (χ0) is 19.1. The number of amides is 2. The molecule has 0 bridgehead atoms. The number of benzene rings is 2. The van der Waals surface area contributed by atoms with Crippen LogP contribution in [0.3, 0.4) is 0 Å². The second-order valence-electron chi connectivity index (χ2n) is 6.08. The Labute approximate surface area is 163 Å². The molecule has 2 rings (SSSR count). The highest BCUT2D eigenvalue weighted by Crippen LogP contribution is 2.21. The third-order valence-corrected chi connectivity index (χ3v) is 3.99. The van der Waals surface area contributed by atoms with Crippen LogP contribution in [0.25, 0.3) is 6.08 Å². The number of hydrogen-bond donors (Lipinski definition) is 2. The fourth-order valence-corrected chi connectivity index (χ4v) is 2.62. The summed E-state index contributed by atoms with van der Waals surface area (Å²) in [7, 11) is 0. The van der Waals surface area contributed by atoms with E-state index in [0.717, 1.165) is 5.56 Å². The van der Waals surface area contributed by atoms with Crippen molar-refractivity contribution in [3.05, 3.63) is 69.7 Å². The molecule has 0 aromatic heterocycles. The van der Waals surface area contributed by atoms with Crippen LogP contribution in [0.15, 0.2) is 48.5 Å². The van der Waals surface area contributed by atoms with E-state index in [9.17, 15) is 9.59 Å². The number of hydrogen-bond acceptors (Lipinski definition) is 2. The van der Waals surface area contributed by atoms with Crippen molar-refractivity contribution in [2.24, 2.45) is 0 Å². The lowest BCUT2D eigenvalue weighted by Crippen LogP contribution is -2.31. The molecule has 136 valence electrons. The number of rotatable bonds is 6. The van der Waals surface area contributed by atoms with Gasteiger partial charge in [0.1, 0.15) is 0 Å². The van der Waals surface area contributed by atoms with E-state index in [1.807, 2.05) is 26.0 Å². The Morgan fingerprint density at radius 2 is 1.77 bits per heavy atom. The van der Waals surface area contributed by atoms with E-state index in [0.29, 0.717) is 27.7 Å². The topological polar surface area (TPSA) is 58.2 Å². The summed E-state index contributed by atoms with van der Waals surface area (Å²) in [6.07, 6.45) is 3.30. The Kier molecular flexibility index (Phi) is 7.25. The molecule has 0 aliphatic heterocycles. The van der Waals surface area contributed by atoms with Gasteiger partial charge in [-0.15, -0.1) is 0 Å². The average Bonchev–Trinajstić information content (AvgIpc) is 2.56. The van der Waals surface area contributed by atoms with Crippen LogP contribution in [0.2, 0.25) is 10.0 Å². The lowest BCUT2D eigenvalue weighted by atomic mass is 10.1. The third-order valence-electron chi connectivity index (χ3n) is 3.41. The maximum atomic E-state index is 12.0. The van der Waals surface area contributed by atoms with Crippen LogP contribution in [0.5, 0.6) is 0 Å². The van der Waals surface area contributed by atoms with E-state index in [-0.39, 0.29) is 17.9 Å². The average molecular weight is 391 g/mol. The number of carbonyl (C=O) groups is 2. The summed E-state index contributed by atoms with van der Waals surface area (Å²) in [5.74, 6) is -0.315. The Morgan fingerprint density at radius 1 is 1.08 bits per heavy atom. The van der Waals surface area contributed by atoms with Gasteiger partial charge in [0.05, 0.1) is 6.42 Å². The van der Waals surface area contributed by atoms with Gasteiger partial charge in [0, 0.05) is 27.9 Å². The Morgan fingerprint density at radius 3 is 2.42 bits per heavy atom. The molecule has 0 aliphatic carbocycles. The Bertz CT molecular complexity index is 815. The minimum atomic E-state index is -0.286. The molecule has 0 heterocycles. The largest absolute Gasteiger partial charge is 0.354 e. The first-order chi connectivity index (χ1) is 12.3. The van der Waals surface area contributed by atoms with Crippen molar-refractivity contribution >= 4 is 46.8 Å². The van der Waals surface area contributed by atoms with Crippen molar-refractivity contribution in [1.82, 2.24) is 5.32 Å². The van der Waals surface area contributed by atoms with Gasteiger partial charge in [0.25, 0.3) is 0 Å². The molecule has 4 nitrogen and oxygen atoms in total. The van der Waals surface area contributed by atoms with Crippen LogP contribution in [-0.2, 0) is 16.0 Å². The number of anilines is 1. The molecule has 0 saturated heterocycles. The molecule has 26 heavy (non-hydrogen) atoms. The maximum Gasteiger partial charge on any atom is 0.248 e. The second-order valence-corrected chi connectivity index (χ2v) is 6.93. The lowest BCUT2D eigenvalue weighted by molar-refractivity contribution is -0.121. The van der Waals surface area contributed by atoms with Gasteiger partial charge in [-0.2, -0.15) is 0 Å². The first-order valence-electron chi connectivity index (χ1n) is 8.16. The van der Waals surface area contributed by atoms with Crippen LogP contribution < -0.4 is 10.6 Å². The van der Waals surface area contributed by atoms with Crippen LogP contribution >= 0.6 is 23.2 Å². The zero-order valence-electron chi connectivity index (χ0n) is 14.6. The quantitative estimate of drug-likeness (QED) is 0.701. The zero-order valence-corrected chi connectivity index (χ0v) is 16.1. The SMILES string of the molecule is CC(C)NC(=O)Cc1ccc(NC(=O)/C=C/c2cc(Cl)ccc2Cl)cc1. The van der Waals surface area contributed by atoms with Crippen LogP contribution in [0, 0.1) is 0 Å². The van der Waals surface area contributed by atoms with Crippen molar-refractivity contribution in [2.45, 2.75) is 26.3 Å². The summed E-state index contributed by atoms with van der Waals surface area (Å²) in [5, 5.41) is 6.66. The smallest absolute Gasteiger partial charge is 0.248 e. The molecular formula is C20H20Cl2N2O2. The molecular weight excluding hydrogens is 371 g/mol. The number of nitrogens with one attached hydrogen (secondary N) is 2. The molecule has 0 unspecified atom stereocenters. The van der Waals surface area contributed by atoms with Gasteiger partial charge in [-0.25, -0.2) is 0 Å². The number of halogens is 2. The monoisotopic (exact) mass is 390 g/mol. The van der Waals surface area contributed by atoms with E-state index in [4.69, 9.17) is 23.2 Å². The normalized spacial score (nSPS) is 11.0. The predicted octanol–water partition coefficient (Wildman–Crippen LogP) is 4.71. The highest BCUT2D eigenvalue weighted by Gasteiger charge is 2.05. The summed E-state index contributed by atoms with van der Waals surface area (Å²) in [5.41, 5.74) is 2.19. The Hall–Kier alpha value is -2.30.